The molecular formula is C19H24F3N5O. The van der Waals surface area contributed by atoms with Crippen molar-refractivity contribution in [2.45, 2.75) is 25.6 Å². The van der Waals surface area contributed by atoms with Gasteiger partial charge in [0.15, 0.2) is 0 Å². The highest BCUT2D eigenvalue weighted by Gasteiger charge is 2.32. The van der Waals surface area contributed by atoms with Gasteiger partial charge in [-0.25, -0.2) is 4.98 Å². The molecule has 9 heteroatoms. The summed E-state index contributed by atoms with van der Waals surface area (Å²) >= 11 is 0. The summed E-state index contributed by atoms with van der Waals surface area (Å²) in [5.74, 6) is -0.0476. The first-order chi connectivity index (χ1) is 13.4. The number of rotatable bonds is 7. The number of halogens is 3. The van der Waals surface area contributed by atoms with E-state index in [4.69, 9.17) is 0 Å². The zero-order valence-corrected chi connectivity index (χ0v) is 15.5. The molecule has 1 saturated heterocycles. The second-order valence-electron chi connectivity index (χ2n) is 6.88. The minimum atomic E-state index is -4.15. The lowest BCUT2D eigenvalue weighted by molar-refractivity contribution is -0.146. The summed E-state index contributed by atoms with van der Waals surface area (Å²) in [6.07, 6.45) is 2.28. The Morgan fingerprint density at radius 3 is 2.43 bits per heavy atom. The van der Waals surface area contributed by atoms with Gasteiger partial charge in [0.05, 0.1) is 12.9 Å². The highest BCUT2D eigenvalue weighted by molar-refractivity contribution is 5.90. The van der Waals surface area contributed by atoms with Crippen molar-refractivity contribution in [3.05, 3.63) is 43.0 Å². The molecule has 0 aliphatic carbocycles. The maximum absolute atomic E-state index is 12.5. The average molecular weight is 395 g/mol. The highest BCUT2D eigenvalue weighted by Crippen LogP contribution is 2.22. The van der Waals surface area contributed by atoms with Crippen LogP contribution in [0.25, 0.3) is 0 Å². The summed E-state index contributed by atoms with van der Waals surface area (Å²) < 4.78 is 39.3. The number of amides is 1. The van der Waals surface area contributed by atoms with Crippen LogP contribution in [0.15, 0.2) is 43.0 Å². The molecule has 1 aromatic heterocycles. The summed E-state index contributed by atoms with van der Waals surface area (Å²) in [5, 5.41) is 2.87. The van der Waals surface area contributed by atoms with Crippen molar-refractivity contribution in [2.24, 2.45) is 0 Å². The second kappa shape index (κ2) is 9.09. The Labute approximate surface area is 161 Å². The Morgan fingerprint density at radius 1 is 1.11 bits per heavy atom. The first-order valence-electron chi connectivity index (χ1n) is 9.29. The van der Waals surface area contributed by atoms with Crippen molar-refractivity contribution < 1.29 is 18.0 Å². The number of aryl methyl sites for hydroxylation is 1. The normalized spacial score (nSPS) is 15.6. The largest absolute Gasteiger partial charge is 0.401 e. The molecule has 1 N–H and O–H groups in total. The number of nitrogens with one attached hydrogen (secondary N) is 1. The van der Waals surface area contributed by atoms with E-state index in [2.05, 4.69) is 15.2 Å². The van der Waals surface area contributed by atoms with E-state index in [-0.39, 0.29) is 5.91 Å². The topological polar surface area (TPSA) is 53.4 Å². The lowest BCUT2D eigenvalue weighted by Crippen LogP contribution is -2.49. The van der Waals surface area contributed by atoms with Gasteiger partial charge in [-0.15, -0.1) is 0 Å². The number of aromatic nitrogens is 2. The molecule has 0 bridgehead atoms. The van der Waals surface area contributed by atoms with E-state index in [0.29, 0.717) is 38.3 Å². The van der Waals surface area contributed by atoms with E-state index in [1.807, 2.05) is 35.0 Å². The van der Waals surface area contributed by atoms with Gasteiger partial charge in [0.25, 0.3) is 0 Å². The smallest absolute Gasteiger partial charge is 0.369 e. The fourth-order valence-corrected chi connectivity index (χ4v) is 3.24. The summed E-state index contributed by atoms with van der Waals surface area (Å²) in [6.45, 7) is 1.76. The van der Waals surface area contributed by atoms with Crippen LogP contribution < -0.4 is 10.2 Å². The SMILES string of the molecule is O=C(CCCn1ccnc1)Nc1ccc(N2CCN(CC(F)(F)F)CC2)cc1. The quantitative estimate of drug-likeness (QED) is 0.783. The molecule has 1 aliphatic heterocycles. The number of alkyl halides is 3. The van der Waals surface area contributed by atoms with Crippen LogP contribution in [0, 0.1) is 0 Å². The number of imidazole rings is 1. The van der Waals surface area contributed by atoms with Gasteiger partial charge in [0, 0.05) is 62.9 Å². The zero-order valence-electron chi connectivity index (χ0n) is 15.5. The number of carbonyl (C=O) groups is 1. The third-order valence-corrected chi connectivity index (χ3v) is 4.67. The third kappa shape index (κ3) is 6.26. The van der Waals surface area contributed by atoms with Crippen molar-refractivity contribution in [1.29, 1.82) is 0 Å². The average Bonchev–Trinajstić information content (AvgIpc) is 3.15. The lowest BCUT2D eigenvalue weighted by Gasteiger charge is -2.36. The van der Waals surface area contributed by atoms with E-state index < -0.39 is 12.7 Å². The minimum Gasteiger partial charge on any atom is -0.369 e. The molecule has 0 radical (unpaired) electrons. The number of anilines is 2. The molecule has 0 spiro atoms. The molecular weight excluding hydrogens is 371 g/mol. The van der Waals surface area contributed by atoms with Crippen LogP contribution in [-0.4, -0.2) is 59.3 Å². The Kier molecular flexibility index (Phi) is 6.56. The number of carbonyl (C=O) groups excluding carboxylic acids is 1. The van der Waals surface area contributed by atoms with Crippen LogP contribution in [0.3, 0.4) is 0 Å². The van der Waals surface area contributed by atoms with Crippen molar-refractivity contribution in [1.82, 2.24) is 14.5 Å². The second-order valence-corrected chi connectivity index (χ2v) is 6.88. The van der Waals surface area contributed by atoms with Crippen LogP contribution in [0.5, 0.6) is 0 Å². The van der Waals surface area contributed by atoms with Crippen LogP contribution in [0.4, 0.5) is 24.5 Å². The maximum atomic E-state index is 12.5. The molecule has 1 fully saturated rings. The first kappa shape index (κ1) is 20.2. The molecule has 0 unspecified atom stereocenters. The molecule has 2 aromatic rings. The van der Waals surface area contributed by atoms with Crippen molar-refractivity contribution in [3.63, 3.8) is 0 Å². The van der Waals surface area contributed by atoms with Gasteiger partial charge in [0.2, 0.25) is 5.91 Å². The molecule has 1 aromatic carbocycles. The fraction of sp³-hybridized carbons (Fsp3) is 0.474. The van der Waals surface area contributed by atoms with Crippen molar-refractivity contribution in [2.75, 3.05) is 42.9 Å². The van der Waals surface area contributed by atoms with Crippen LogP contribution in [-0.2, 0) is 11.3 Å². The van der Waals surface area contributed by atoms with Gasteiger partial charge in [0.1, 0.15) is 0 Å². The van der Waals surface area contributed by atoms with E-state index in [1.54, 1.807) is 12.5 Å². The molecule has 152 valence electrons. The highest BCUT2D eigenvalue weighted by atomic mass is 19.4. The molecule has 0 atom stereocenters. The van der Waals surface area contributed by atoms with Gasteiger partial charge in [-0.3, -0.25) is 9.69 Å². The molecule has 3 rings (SSSR count). The molecule has 1 aliphatic rings. The summed E-state index contributed by atoms with van der Waals surface area (Å²) in [4.78, 5) is 19.5. The Hall–Kier alpha value is -2.55. The number of nitrogens with zero attached hydrogens (tertiary/aromatic N) is 4. The van der Waals surface area contributed by atoms with Gasteiger partial charge in [-0.05, 0) is 30.7 Å². The van der Waals surface area contributed by atoms with Gasteiger partial charge in [-0.1, -0.05) is 0 Å². The van der Waals surface area contributed by atoms with E-state index >= 15 is 0 Å². The predicted molar refractivity (Wildman–Crippen MR) is 101 cm³/mol. The number of benzene rings is 1. The monoisotopic (exact) mass is 395 g/mol. The van der Waals surface area contributed by atoms with Crippen LogP contribution in [0.2, 0.25) is 0 Å². The summed E-state index contributed by atoms with van der Waals surface area (Å²) in [6, 6.07) is 7.43. The van der Waals surface area contributed by atoms with Crippen LogP contribution >= 0.6 is 0 Å². The molecule has 6 nitrogen and oxygen atoms in total. The maximum Gasteiger partial charge on any atom is 0.401 e. The van der Waals surface area contributed by atoms with Gasteiger partial charge in [-0.2, -0.15) is 13.2 Å². The van der Waals surface area contributed by atoms with E-state index in [0.717, 1.165) is 18.7 Å². The van der Waals surface area contributed by atoms with Gasteiger partial charge < -0.3 is 14.8 Å². The molecule has 2 heterocycles. The standard InChI is InChI=1S/C19H24F3N5O/c20-19(21,22)14-25-10-12-27(13-11-25)17-5-3-16(4-6-17)24-18(28)2-1-8-26-9-7-23-15-26/h3-7,9,15H,1-2,8,10-14H2,(H,24,28). The predicted octanol–water partition coefficient (Wildman–Crippen LogP) is 2.99. The molecule has 0 saturated carbocycles. The third-order valence-electron chi connectivity index (χ3n) is 4.67. The lowest BCUT2D eigenvalue weighted by atomic mass is 10.2. The number of hydrogen-bond acceptors (Lipinski definition) is 4. The van der Waals surface area contributed by atoms with Gasteiger partial charge >= 0.3 is 6.18 Å². The zero-order chi connectivity index (χ0) is 20.0. The summed E-state index contributed by atoms with van der Waals surface area (Å²) in [5.41, 5.74) is 1.66. The Bertz CT molecular complexity index is 738. The van der Waals surface area contributed by atoms with Crippen LogP contribution in [0.1, 0.15) is 12.8 Å². The first-order valence-corrected chi connectivity index (χ1v) is 9.29. The Balaban J connectivity index is 1.41. The van der Waals surface area contributed by atoms with E-state index in [9.17, 15) is 18.0 Å². The summed E-state index contributed by atoms with van der Waals surface area (Å²) in [7, 11) is 0. The fourth-order valence-electron chi connectivity index (χ4n) is 3.24. The van der Waals surface area contributed by atoms with Crippen molar-refractivity contribution in [3.8, 4) is 0 Å². The van der Waals surface area contributed by atoms with Crippen molar-refractivity contribution >= 4 is 17.3 Å². The number of piperazine rings is 1. The molecule has 1 amide bonds. The Morgan fingerprint density at radius 2 is 1.82 bits per heavy atom. The molecule has 28 heavy (non-hydrogen) atoms. The number of hydrogen-bond donors (Lipinski definition) is 1. The minimum absolute atomic E-state index is 0.0476. The van der Waals surface area contributed by atoms with E-state index in [1.165, 1.54) is 4.90 Å².